The third-order valence-corrected chi connectivity index (χ3v) is 2.43. The van der Waals surface area contributed by atoms with Crippen molar-refractivity contribution in [1.82, 2.24) is 5.32 Å². The molecule has 0 aromatic heterocycles. The Balaban J connectivity index is 2.36. The molecule has 0 heterocycles. The number of rotatable bonds is 6. The highest BCUT2D eigenvalue weighted by atomic mass is 19.3. The molecule has 0 unspecified atom stereocenters. The van der Waals surface area contributed by atoms with Gasteiger partial charge in [0, 0.05) is 12.1 Å². The second kappa shape index (κ2) is 6.40. The monoisotopic (exact) mass is 278 g/mol. The number of benzene rings is 1. The third kappa shape index (κ3) is 5.15. The normalized spacial score (nSPS) is 11.6. The second-order valence-corrected chi connectivity index (χ2v) is 4.08. The van der Waals surface area contributed by atoms with E-state index in [2.05, 4.69) is 0 Å². The topological polar surface area (TPSA) is 55.1 Å². The lowest BCUT2D eigenvalue weighted by Gasteiger charge is -2.15. The highest BCUT2D eigenvalue weighted by molar-refractivity contribution is 5.76. The summed E-state index contributed by atoms with van der Waals surface area (Å²) in [6.07, 6.45) is -3.55. The van der Waals surface area contributed by atoms with Crippen molar-refractivity contribution in [2.45, 2.75) is 25.2 Å². The van der Waals surface area contributed by atoms with E-state index in [0.717, 1.165) is 5.56 Å². The number of nitrogens with one attached hydrogen (secondary N) is 1. The largest absolute Gasteiger partial charge is 0.399 e. The lowest BCUT2D eigenvalue weighted by molar-refractivity contribution is -0.136. The van der Waals surface area contributed by atoms with E-state index in [4.69, 9.17) is 5.73 Å². The number of amides is 1. The van der Waals surface area contributed by atoms with Gasteiger partial charge in [-0.05, 0) is 24.1 Å². The summed E-state index contributed by atoms with van der Waals surface area (Å²) in [6.45, 7) is -1.36. The number of nitrogens with two attached hydrogens (primary N) is 1. The quantitative estimate of drug-likeness (QED) is 0.619. The van der Waals surface area contributed by atoms with Gasteiger partial charge in [0.2, 0.25) is 5.91 Å². The van der Waals surface area contributed by atoms with Gasteiger partial charge in [-0.1, -0.05) is 12.1 Å². The Morgan fingerprint density at radius 1 is 1.37 bits per heavy atom. The van der Waals surface area contributed by atoms with Crippen LogP contribution in [-0.4, -0.2) is 24.8 Å². The molecular weight excluding hydrogens is 264 g/mol. The van der Waals surface area contributed by atoms with Gasteiger partial charge in [0.1, 0.15) is 0 Å². The first-order valence-corrected chi connectivity index (χ1v) is 5.58. The average Bonchev–Trinajstić information content (AvgIpc) is 2.34. The zero-order valence-corrected chi connectivity index (χ0v) is 10.0. The molecular formula is C12H14F4N2O. The summed E-state index contributed by atoms with van der Waals surface area (Å²) < 4.78 is 48.8. The SMILES string of the molecule is Nc1cccc(CCC(=O)NCC(F)(F)C(F)F)c1. The summed E-state index contributed by atoms with van der Waals surface area (Å²) in [6, 6.07) is 6.76. The summed E-state index contributed by atoms with van der Waals surface area (Å²) in [5.74, 6) is -4.91. The minimum atomic E-state index is -4.20. The molecule has 106 valence electrons. The first kappa shape index (κ1) is 15.3. The number of carbonyl (C=O) groups is 1. The Morgan fingerprint density at radius 2 is 2.05 bits per heavy atom. The van der Waals surface area contributed by atoms with E-state index >= 15 is 0 Å². The standard InChI is InChI=1S/C12H14F4N2O/c13-11(14)12(15,16)7-18-10(19)5-4-8-2-1-3-9(17)6-8/h1-3,6,11H,4-5,7,17H2,(H,18,19). The molecule has 19 heavy (non-hydrogen) atoms. The summed E-state index contributed by atoms with van der Waals surface area (Å²) >= 11 is 0. The van der Waals surface area contributed by atoms with Crippen molar-refractivity contribution in [2.24, 2.45) is 0 Å². The van der Waals surface area contributed by atoms with Crippen LogP contribution in [0.15, 0.2) is 24.3 Å². The minimum Gasteiger partial charge on any atom is -0.399 e. The molecule has 0 aliphatic carbocycles. The Hall–Kier alpha value is -1.79. The number of nitrogen functional groups attached to an aromatic ring is 1. The third-order valence-electron chi connectivity index (χ3n) is 2.43. The van der Waals surface area contributed by atoms with E-state index in [9.17, 15) is 22.4 Å². The summed E-state index contributed by atoms with van der Waals surface area (Å²) in [5.41, 5.74) is 6.83. The molecule has 1 aromatic rings. The van der Waals surface area contributed by atoms with Crippen molar-refractivity contribution in [3.8, 4) is 0 Å². The van der Waals surface area contributed by atoms with Crippen LogP contribution >= 0.6 is 0 Å². The van der Waals surface area contributed by atoms with Gasteiger partial charge in [0.25, 0.3) is 0 Å². The van der Waals surface area contributed by atoms with Crippen LogP contribution in [0.2, 0.25) is 0 Å². The maximum atomic E-state index is 12.5. The summed E-state index contributed by atoms with van der Waals surface area (Å²) in [5, 5.41) is 1.79. The smallest absolute Gasteiger partial charge is 0.324 e. The fourth-order valence-electron chi connectivity index (χ4n) is 1.39. The van der Waals surface area contributed by atoms with E-state index in [-0.39, 0.29) is 6.42 Å². The lowest BCUT2D eigenvalue weighted by Crippen LogP contribution is -2.41. The van der Waals surface area contributed by atoms with Crippen LogP contribution < -0.4 is 11.1 Å². The second-order valence-electron chi connectivity index (χ2n) is 4.08. The van der Waals surface area contributed by atoms with E-state index in [1.165, 1.54) is 0 Å². The minimum absolute atomic E-state index is 0.0667. The Bertz CT molecular complexity index is 437. The Labute approximate surface area is 107 Å². The number of aryl methyl sites for hydroxylation is 1. The van der Waals surface area contributed by atoms with E-state index in [1.54, 1.807) is 29.6 Å². The fraction of sp³-hybridized carbons (Fsp3) is 0.417. The van der Waals surface area contributed by atoms with Gasteiger partial charge in [-0.25, -0.2) is 8.78 Å². The van der Waals surface area contributed by atoms with Gasteiger partial charge in [-0.15, -0.1) is 0 Å². The molecule has 1 rings (SSSR count). The van der Waals surface area contributed by atoms with Crippen LogP contribution in [0, 0.1) is 0 Å². The number of carbonyl (C=O) groups excluding carboxylic acids is 1. The van der Waals surface area contributed by atoms with E-state index in [1.807, 2.05) is 0 Å². The van der Waals surface area contributed by atoms with Crippen LogP contribution in [0.1, 0.15) is 12.0 Å². The molecule has 0 aliphatic rings. The molecule has 0 aliphatic heterocycles. The van der Waals surface area contributed by atoms with Crippen molar-refractivity contribution in [2.75, 3.05) is 12.3 Å². The molecule has 0 atom stereocenters. The highest BCUT2D eigenvalue weighted by Crippen LogP contribution is 2.21. The van der Waals surface area contributed by atoms with Crippen LogP contribution in [0.5, 0.6) is 0 Å². The summed E-state index contributed by atoms with van der Waals surface area (Å²) in [7, 11) is 0. The highest BCUT2D eigenvalue weighted by Gasteiger charge is 2.40. The molecule has 0 bridgehead atoms. The van der Waals surface area contributed by atoms with Crippen molar-refractivity contribution in [1.29, 1.82) is 0 Å². The first-order chi connectivity index (χ1) is 8.81. The number of alkyl halides is 4. The number of halogens is 4. The molecule has 7 heteroatoms. The van der Waals surface area contributed by atoms with Gasteiger partial charge in [0.05, 0.1) is 6.54 Å². The van der Waals surface area contributed by atoms with Crippen LogP contribution in [0.3, 0.4) is 0 Å². The van der Waals surface area contributed by atoms with Crippen molar-refractivity contribution in [3.63, 3.8) is 0 Å². The lowest BCUT2D eigenvalue weighted by atomic mass is 10.1. The van der Waals surface area contributed by atoms with Gasteiger partial charge in [-0.2, -0.15) is 8.78 Å². The van der Waals surface area contributed by atoms with Crippen LogP contribution in [0.4, 0.5) is 23.2 Å². The number of anilines is 1. The van der Waals surface area contributed by atoms with Crippen LogP contribution in [0.25, 0.3) is 0 Å². The molecule has 3 N–H and O–H groups in total. The molecule has 0 saturated heterocycles. The molecule has 0 fully saturated rings. The molecule has 1 amide bonds. The van der Waals surface area contributed by atoms with Crippen LogP contribution in [-0.2, 0) is 11.2 Å². The van der Waals surface area contributed by atoms with Gasteiger partial charge < -0.3 is 11.1 Å². The van der Waals surface area contributed by atoms with E-state index < -0.39 is 24.8 Å². The fourth-order valence-corrected chi connectivity index (χ4v) is 1.39. The van der Waals surface area contributed by atoms with Crippen molar-refractivity contribution >= 4 is 11.6 Å². The molecule has 0 radical (unpaired) electrons. The molecule has 1 aromatic carbocycles. The van der Waals surface area contributed by atoms with Crippen molar-refractivity contribution < 1.29 is 22.4 Å². The zero-order valence-electron chi connectivity index (χ0n) is 10.0. The molecule has 3 nitrogen and oxygen atoms in total. The predicted molar refractivity (Wildman–Crippen MR) is 63.1 cm³/mol. The van der Waals surface area contributed by atoms with Gasteiger partial charge in [-0.3, -0.25) is 4.79 Å². The predicted octanol–water partition coefficient (Wildman–Crippen LogP) is 2.22. The van der Waals surface area contributed by atoms with Crippen molar-refractivity contribution in [3.05, 3.63) is 29.8 Å². The molecule has 0 saturated carbocycles. The maximum absolute atomic E-state index is 12.5. The van der Waals surface area contributed by atoms with Gasteiger partial charge >= 0.3 is 12.3 Å². The first-order valence-electron chi connectivity index (χ1n) is 5.58. The molecule has 0 spiro atoms. The van der Waals surface area contributed by atoms with Gasteiger partial charge in [0.15, 0.2) is 0 Å². The summed E-state index contributed by atoms with van der Waals surface area (Å²) in [4.78, 5) is 11.2. The maximum Gasteiger partial charge on any atom is 0.324 e. The average molecular weight is 278 g/mol. The number of hydrogen-bond donors (Lipinski definition) is 2. The number of hydrogen-bond acceptors (Lipinski definition) is 2. The Morgan fingerprint density at radius 3 is 2.63 bits per heavy atom. The zero-order chi connectivity index (χ0) is 14.5. The Kier molecular flexibility index (Phi) is 5.14. The van der Waals surface area contributed by atoms with E-state index in [0.29, 0.717) is 12.1 Å².